The average Bonchev–Trinajstić information content (AvgIpc) is 2.93. The van der Waals surface area contributed by atoms with Gasteiger partial charge >= 0.3 is 5.97 Å². The van der Waals surface area contributed by atoms with E-state index < -0.39 is 11.9 Å². The molecule has 1 aromatic carbocycles. The van der Waals surface area contributed by atoms with Gasteiger partial charge in [-0.3, -0.25) is 4.79 Å². The summed E-state index contributed by atoms with van der Waals surface area (Å²) in [6.45, 7) is 1.43. The third kappa shape index (κ3) is 4.55. The van der Waals surface area contributed by atoms with E-state index >= 15 is 0 Å². The second-order valence-corrected chi connectivity index (χ2v) is 5.93. The molecule has 1 aromatic heterocycles. The molecule has 0 saturated carbocycles. The lowest BCUT2D eigenvalue weighted by Gasteiger charge is -2.03. The van der Waals surface area contributed by atoms with Gasteiger partial charge < -0.3 is 10.1 Å². The number of halogens is 1. The lowest BCUT2D eigenvalue weighted by molar-refractivity contribution is -0.123. The summed E-state index contributed by atoms with van der Waals surface area (Å²) >= 11 is 7.06. The van der Waals surface area contributed by atoms with Crippen molar-refractivity contribution in [3.8, 4) is 22.9 Å². The van der Waals surface area contributed by atoms with Crippen molar-refractivity contribution < 1.29 is 14.3 Å². The Balaban J connectivity index is 2.06. The molecule has 5 nitrogen and oxygen atoms in total. The van der Waals surface area contributed by atoms with Gasteiger partial charge in [-0.2, -0.15) is 0 Å². The summed E-state index contributed by atoms with van der Waals surface area (Å²) in [4.78, 5) is 28.1. The Kier molecular flexibility index (Phi) is 5.74. The Morgan fingerprint density at radius 1 is 1.39 bits per heavy atom. The van der Waals surface area contributed by atoms with Crippen molar-refractivity contribution >= 4 is 34.8 Å². The van der Waals surface area contributed by atoms with Crippen molar-refractivity contribution in [3.05, 3.63) is 39.9 Å². The van der Waals surface area contributed by atoms with Crippen LogP contribution in [0.4, 0.5) is 0 Å². The summed E-state index contributed by atoms with van der Waals surface area (Å²) in [5.41, 5.74) is 1.40. The fourth-order valence-corrected chi connectivity index (χ4v) is 2.79. The number of aryl methyl sites for hydroxylation is 1. The number of benzene rings is 1. The van der Waals surface area contributed by atoms with Crippen LogP contribution < -0.4 is 5.32 Å². The first kappa shape index (κ1) is 17.0. The molecule has 0 aliphatic heterocycles. The van der Waals surface area contributed by atoms with Gasteiger partial charge in [-0.1, -0.05) is 29.7 Å². The number of nitrogens with one attached hydrogen (secondary N) is 1. The summed E-state index contributed by atoms with van der Waals surface area (Å²) < 4.78 is 4.97. The SMILES string of the molecule is C#CCNC(=O)COC(=O)c1sc(-c2ccc(Cl)cc2)nc1C. The van der Waals surface area contributed by atoms with Crippen LogP contribution in [0.25, 0.3) is 10.6 Å². The van der Waals surface area contributed by atoms with Gasteiger partial charge in [-0.25, -0.2) is 9.78 Å². The zero-order valence-electron chi connectivity index (χ0n) is 12.3. The van der Waals surface area contributed by atoms with Crippen LogP contribution in [0.3, 0.4) is 0 Å². The second-order valence-electron chi connectivity index (χ2n) is 4.50. The van der Waals surface area contributed by atoms with Crippen LogP contribution in [0.1, 0.15) is 15.4 Å². The molecule has 1 N–H and O–H groups in total. The summed E-state index contributed by atoms with van der Waals surface area (Å²) in [5, 5.41) is 3.72. The predicted octanol–water partition coefficient (Wildman–Crippen LogP) is 2.68. The third-order valence-electron chi connectivity index (χ3n) is 2.80. The smallest absolute Gasteiger partial charge is 0.350 e. The molecule has 0 aliphatic rings. The minimum Gasteiger partial charge on any atom is -0.451 e. The highest BCUT2D eigenvalue weighted by Crippen LogP contribution is 2.29. The first-order chi connectivity index (χ1) is 11.0. The van der Waals surface area contributed by atoms with Crippen LogP contribution in [-0.4, -0.2) is 30.0 Å². The van der Waals surface area contributed by atoms with Crippen molar-refractivity contribution in [2.45, 2.75) is 6.92 Å². The number of esters is 1. The number of rotatable bonds is 5. The van der Waals surface area contributed by atoms with Gasteiger partial charge in [0.2, 0.25) is 0 Å². The summed E-state index contributed by atoms with van der Waals surface area (Å²) in [5.74, 6) is 1.23. The van der Waals surface area contributed by atoms with Gasteiger partial charge in [-0.15, -0.1) is 17.8 Å². The van der Waals surface area contributed by atoms with Crippen molar-refractivity contribution in [1.29, 1.82) is 0 Å². The highest BCUT2D eigenvalue weighted by Gasteiger charge is 2.18. The zero-order chi connectivity index (χ0) is 16.8. The van der Waals surface area contributed by atoms with Gasteiger partial charge in [0, 0.05) is 10.6 Å². The Labute approximate surface area is 142 Å². The predicted molar refractivity (Wildman–Crippen MR) is 89.4 cm³/mol. The number of terminal acetylenes is 1. The molecule has 0 atom stereocenters. The quantitative estimate of drug-likeness (QED) is 0.666. The van der Waals surface area contributed by atoms with E-state index in [1.54, 1.807) is 19.1 Å². The number of carbonyl (C=O) groups excluding carboxylic acids is 2. The number of ether oxygens (including phenoxy) is 1. The Morgan fingerprint density at radius 3 is 2.74 bits per heavy atom. The van der Waals surface area contributed by atoms with Gasteiger partial charge in [0.05, 0.1) is 12.2 Å². The Morgan fingerprint density at radius 2 is 2.09 bits per heavy atom. The molecule has 0 unspecified atom stereocenters. The van der Waals surface area contributed by atoms with E-state index in [1.165, 1.54) is 11.3 Å². The van der Waals surface area contributed by atoms with Gasteiger partial charge in [0.15, 0.2) is 6.61 Å². The normalized spacial score (nSPS) is 9.96. The van der Waals surface area contributed by atoms with E-state index in [0.717, 1.165) is 5.56 Å². The zero-order valence-corrected chi connectivity index (χ0v) is 13.8. The molecule has 0 fully saturated rings. The van der Waals surface area contributed by atoms with Crippen molar-refractivity contribution in [2.24, 2.45) is 0 Å². The summed E-state index contributed by atoms with van der Waals surface area (Å²) in [7, 11) is 0. The maximum atomic E-state index is 12.0. The second kappa shape index (κ2) is 7.77. The molecule has 0 bridgehead atoms. The molecule has 1 amide bonds. The molecule has 0 radical (unpaired) electrons. The van der Waals surface area contributed by atoms with Gasteiger partial charge in [-0.05, 0) is 19.1 Å². The van der Waals surface area contributed by atoms with Crippen LogP contribution in [0.15, 0.2) is 24.3 Å². The lowest BCUT2D eigenvalue weighted by atomic mass is 10.2. The Hall–Kier alpha value is -2.36. The molecule has 118 valence electrons. The number of amides is 1. The molecule has 7 heteroatoms. The van der Waals surface area contributed by atoms with E-state index in [4.69, 9.17) is 22.8 Å². The maximum Gasteiger partial charge on any atom is 0.350 e. The molecule has 1 heterocycles. The van der Waals surface area contributed by atoms with E-state index in [-0.39, 0.29) is 13.2 Å². The highest BCUT2D eigenvalue weighted by molar-refractivity contribution is 7.17. The number of hydrogen-bond donors (Lipinski definition) is 1. The molecule has 23 heavy (non-hydrogen) atoms. The topological polar surface area (TPSA) is 68.3 Å². The van der Waals surface area contributed by atoms with Crippen molar-refractivity contribution in [2.75, 3.05) is 13.2 Å². The molecular formula is C16H13ClN2O3S. The van der Waals surface area contributed by atoms with E-state index in [0.29, 0.717) is 20.6 Å². The molecule has 2 rings (SSSR count). The first-order valence-electron chi connectivity index (χ1n) is 6.62. The van der Waals surface area contributed by atoms with Crippen LogP contribution in [0, 0.1) is 19.3 Å². The van der Waals surface area contributed by atoms with Crippen molar-refractivity contribution in [1.82, 2.24) is 10.3 Å². The average molecular weight is 349 g/mol. The largest absolute Gasteiger partial charge is 0.451 e. The standard InChI is InChI=1S/C16H13ClN2O3S/c1-3-8-18-13(20)9-22-16(21)14-10(2)19-15(23-14)11-4-6-12(17)7-5-11/h1,4-7H,8-9H2,2H3,(H,18,20). The maximum absolute atomic E-state index is 12.0. The van der Waals surface area contributed by atoms with Gasteiger partial charge in [0.25, 0.3) is 5.91 Å². The fourth-order valence-electron chi connectivity index (χ4n) is 1.70. The molecule has 2 aromatic rings. The van der Waals surface area contributed by atoms with Crippen LogP contribution in [-0.2, 0) is 9.53 Å². The molecular weight excluding hydrogens is 336 g/mol. The number of aromatic nitrogens is 1. The minimum atomic E-state index is -0.587. The summed E-state index contributed by atoms with van der Waals surface area (Å²) in [6.07, 6.45) is 5.02. The van der Waals surface area contributed by atoms with Gasteiger partial charge in [0.1, 0.15) is 9.88 Å². The number of nitrogens with zero attached hydrogens (tertiary/aromatic N) is 1. The first-order valence-corrected chi connectivity index (χ1v) is 7.81. The monoisotopic (exact) mass is 348 g/mol. The number of carbonyl (C=O) groups is 2. The fraction of sp³-hybridized carbons (Fsp3) is 0.188. The van der Waals surface area contributed by atoms with E-state index in [9.17, 15) is 9.59 Å². The van der Waals surface area contributed by atoms with E-state index in [1.807, 2.05) is 12.1 Å². The summed E-state index contributed by atoms with van der Waals surface area (Å²) in [6, 6.07) is 7.15. The number of thiazole rings is 1. The third-order valence-corrected chi connectivity index (χ3v) is 4.23. The minimum absolute atomic E-state index is 0.0939. The van der Waals surface area contributed by atoms with Crippen LogP contribution >= 0.6 is 22.9 Å². The lowest BCUT2D eigenvalue weighted by Crippen LogP contribution is -2.28. The molecule has 0 spiro atoms. The molecule has 0 saturated heterocycles. The van der Waals surface area contributed by atoms with Crippen molar-refractivity contribution in [3.63, 3.8) is 0 Å². The van der Waals surface area contributed by atoms with Crippen LogP contribution in [0.2, 0.25) is 5.02 Å². The highest BCUT2D eigenvalue weighted by atomic mass is 35.5. The van der Waals surface area contributed by atoms with E-state index in [2.05, 4.69) is 16.2 Å². The number of hydrogen-bond acceptors (Lipinski definition) is 5. The molecule has 0 aliphatic carbocycles. The van der Waals surface area contributed by atoms with Crippen LogP contribution in [0.5, 0.6) is 0 Å². The Bertz CT molecular complexity index is 763.